The highest BCUT2D eigenvalue weighted by Gasteiger charge is 2.24. The summed E-state index contributed by atoms with van der Waals surface area (Å²) in [4.78, 5) is 23.2. The van der Waals surface area contributed by atoms with Gasteiger partial charge >= 0.3 is 12.2 Å². The highest BCUT2D eigenvalue weighted by Crippen LogP contribution is 2.08. The Hall–Kier alpha value is -1.54. The van der Waals surface area contributed by atoms with Crippen LogP contribution in [0, 0.1) is 0 Å². The van der Waals surface area contributed by atoms with E-state index in [1.165, 1.54) is 0 Å². The Balaban J connectivity index is 4.22. The van der Waals surface area contributed by atoms with E-state index in [2.05, 4.69) is 10.6 Å². The summed E-state index contributed by atoms with van der Waals surface area (Å²) in [7, 11) is 0. The molecule has 0 spiro atoms. The van der Waals surface area contributed by atoms with Crippen molar-refractivity contribution in [2.45, 2.75) is 71.3 Å². The Morgan fingerprint density at radius 3 is 1.96 bits per heavy atom. The molecule has 0 radical (unpaired) electrons. The maximum Gasteiger partial charge on any atom is 0.408 e. The first kappa shape index (κ1) is 21.5. The van der Waals surface area contributed by atoms with Gasteiger partial charge in [-0.25, -0.2) is 9.59 Å². The number of rotatable bonds is 6. The molecule has 0 saturated carbocycles. The molecule has 8 heteroatoms. The van der Waals surface area contributed by atoms with Crippen molar-refractivity contribution >= 4 is 12.2 Å². The minimum atomic E-state index is -0.914. The molecule has 8 nitrogen and oxygen atoms in total. The lowest BCUT2D eigenvalue weighted by molar-refractivity contribution is 0.0402. The number of carbonyl (C=O) groups is 2. The number of amides is 2. The zero-order chi connectivity index (χ0) is 18.3. The van der Waals surface area contributed by atoms with Crippen molar-refractivity contribution in [3.63, 3.8) is 0 Å². The molecule has 0 saturated heterocycles. The van der Waals surface area contributed by atoms with Gasteiger partial charge in [-0.3, -0.25) is 0 Å². The van der Waals surface area contributed by atoms with Crippen molar-refractivity contribution in [3.05, 3.63) is 0 Å². The molecule has 0 aromatic heterocycles. The Labute approximate surface area is 138 Å². The van der Waals surface area contributed by atoms with Crippen molar-refractivity contribution in [1.82, 2.24) is 10.6 Å². The van der Waals surface area contributed by atoms with Gasteiger partial charge in [0.2, 0.25) is 0 Å². The van der Waals surface area contributed by atoms with Crippen LogP contribution in [0.15, 0.2) is 0 Å². The molecule has 0 aliphatic carbocycles. The van der Waals surface area contributed by atoms with E-state index in [0.717, 1.165) is 0 Å². The summed E-state index contributed by atoms with van der Waals surface area (Å²) in [5.41, 5.74) is 4.34. The van der Waals surface area contributed by atoms with Crippen molar-refractivity contribution < 1.29 is 24.2 Å². The Kier molecular flexibility index (Phi) is 8.33. The predicted molar refractivity (Wildman–Crippen MR) is 87.1 cm³/mol. The van der Waals surface area contributed by atoms with Gasteiger partial charge in [0.05, 0.1) is 12.1 Å². The quantitative estimate of drug-likeness (QED) is 0.577. The first-order chi connectivity index (χ1) is 10.3. The maximum atomic E-state index is 11.7. The van der Waals surface area contributed by atoms with E-state index in [-0.39, 0.29) is 19.5 Å². The van der Waals surface area contributed by atoms with Crippen molar-refractivity contribution in [2.75, 3.05) is 13.1 Å². The number of nitrogens with one attached hydrogen (secondary N) is 2. The van der Waals surface area contributed by atoms with E-state index in [1.807, 2.05) is 0 Å². The minimum Gasteiger partial charge on any atom is -0.444 e. The second-order valence-electron chi connectivity index (χ2n) is 7.27. The predicted octanol–water partition coefficient (Wildman–Crippen LogP) is 1.11. The van der Waals surface area contributed by atoms with Crippen LogP contribution in [-0.4, -0.2) is 53.7 Å². The summed E-state index contributed by atoms with van der Waals surface area (Å²) in [5, 5.41) is 15.1. The first-order valence-electron chi connectivity index (χ1n) is 7.68. The Morgan fingerprint density at radius 1 is 1.04 bits per heavy atom. The SMILES string of the molecule is CC(C)(C)OC(=O)NCCC(O)[C@H](CN)NC(=O)OC(C)(C)C. The summed E-state index contributed by atoms with van der Waals surface area (Å²) >= 11 is 0. The lowest BCUT2D eigenvalue weighted by atomic mass is 10.1. The largest absolute Gasteiger partial charge is 0.444 e. The molecule has 5 N–H and O–H groups in total. The molecular weight excluding hydrogens is 302 g/mol. The van der Waals surface area contributed by atoms with Crippen LogP contribution in [0.1, 0.15) is 48.0 Å². The van der Waals surface area contributed by atoms with Crippen LogP contribution in [0.2, 0.25) is 0 Å². The number of aliphatic hydroxyl groups is 1. The summed E-state index contributed by atoms with van der Waals surface area (Å²) in [6.45, 7) is 10.8. The monoisotopic (exact) mass is 333 g/mol. The molecule has 0 aromatic carbocycles. The smallest absolute Gasteiger partial charge is 0.408 e. The van der Waals surface area contributed by atoms with Gasteiger partial charge in [-0.15, -0.1) is 0 Å². The lowest BCUT2D eigenvalue weighted by Crippen LogP contribution is -2.50. The standard InChI is InChI=1S/C15H31N3O5/c1-14(2,3)22-12(20)17-8-7-11(19)10(9-16)18-13(21)23-15(4,5)6/h10-11,19H,7-9,16H2,1-6H3,(H,17,20)(H,18,21)/t10-,11?/m0/s1. The summed E-state index contributed by atoms with van der Waals surface area (Å²) < 4.78 is 10.2. The van der Waals surface area contributed by atoms with Crippen LogP contribution in [0.4, 0.5) is 9.59 Å². The fourth-order valence-electron chi connectivity index (χ4n) is 1.61. The molecule has 0 heterocycles. The van der Waals surface area contributed by atoms with E-state index in [9.17, 15) is 14.7 Å². The summed E-state index contributed by atoms with van der Waals surface area (Å²) in [6, 6.07) is -0.662. The van der Waals surface area contributed by atoms with Gasteiger partial charge in [0.1, 0.15) is 11.2 Å². The second kappa shape index (κ2) is 8.93. The third-order valence-corrected chi connectivity index (χ3v) is 2.53. The average Bonchev–Trinajstić information content (AvgIpc) is 2.31. The highest BCUT2D eigenvalue weighted by molar-refractivity contribution is 5.68. The van der Waals surface area contributed by atoms with E-state index < -0.39 is 35.5 Å². The third-order valence-electron chi connectivity index (χ3n) is 2.53. The summed E-state index contributed by atoms with van der Waals surface area (Å²) in [6.07, 6.45) is -1.90. The van der Waals surface area contributed by atoms with Crippen LogP contribution >= 0.6 is 0 Å². The fraction of sp³-hybridized carbons (Fsp3) is 0.867. The van der Waals surface area contributed by atoms with Gasteiger partial charge in [-0.1, -0.05) is 0 Å². The fourth-order valence-corrected chi connectivity index (χ4v) is 1.61. The Bertz CT molecular complexity index is 388. The van der Waals surface area contributed by atoms with E-state index in [1.54, 1.807) is 41.5 Å². The van der Waals surface area contributed by atoms with Crippen molar-refractivity contribution in [1.29, 1.82) is 0 Å². The van der Waals surface area contributed by atoms with Gasteiger partial charge in [0.25, 0.3) is 0 Å². The Morgan fingerprint density at radius 2 is 1.52 bits per heavy atom. The van der Waals surface area contributed by atoms with E-state index in [0.29, 0.717) is 0 Å². The van der Waals surface area contributed by atoms with Gasteiger partial charge in [-0.05, 0) is 48.0 Å². The third kappa shape index (κ3) is 11.7. The molecule has 0 fully saturated rings. The molecule has 0 aliphatic heterocycles. The number of alkyl carbamates (subject to hydrolysis) is 2. The number of aliphatic hydroxyl groups excluding tert-OH is 1. The molecule has 0 aliphatic rings. The van der Waals surface area contributed by atoms with Crippen molar-refractivity contribution in [2.24, 2.45) is 5.73 Å². The normalized spacial score (nSPS) is 14.6. The average molecular weight is 333 g/mol. The number of hydrogen-bond donors (Lipinski definition) is 4. The number of nitrogens with two attached hydrogens (primary N) is 1. The highest BCUT2D eigenvalue weighted by atomic mass is 16.6. The molecule has 2 amide bonds. The molecular formula is C15H31N3O5. The van der Waals surface area contributed by atoms with Crippen LogP contribution in [0.25, 0.3) is 0 Å². The van der Waals surface area contributed by atoms with Gasteiger partial charge < -0.3 is 30.9 Å². The van der Waals surface area contributed by atoms with Crippen LogP contribution in [-0.2, 0) is 9.47 Å². The lowest BCUT2D eigenvalue weighted by Gasteiger charge is -2.26. The van der Waals surface area contributed by atoms with Crippen molar-refractivity contribution in [3.8, 4) is 0 Å². The molecule has 136 valence electrons. The van der Waals surface area contributed by atoms with E-state index in [4.69, 9.17) is 15.2 Å². The van der Waals surface area contributed by atoms with Crippen LogP contribution in [0.5, 0.6) is 0 Å². The molecule has 0 rings (SSSR count). The molecule has 0 aromatic rings. The van der Waals surface area contributed by atoms with Crippen LogP contribution < -0.4 is 16.4 Å². The zero-order valence-corrected chi connectivity index (χ0v) is 14.9. The topological polar surface area (TPSA) is 123 Å². The summed E-state index contributed by atoms with van der Waals surface area (Å²) in [5.74, 6) is 0. The molecule has 23 heavy (non-hydrogen) atoms. The number of hydrogen-bond acceptors (Lipinski definition) is 6. The number of carbonyl (C=O) groups excluding carboxylic acids is 2. The second-order valence-corrected chi connectivity index (χ2v) is 7.27. The molecule has 1 unspecified atom stereocenters. The maximum absolute atomic E-state index is 11.7. The van der Waals surface area contributed by atoms with E-state index >= 15 is 0 Å². The minimum absolute atomic E-state index is 0.0485. The van der Waals surface area contributed by atoms with Gasteiger partial charge in [0.15, 0.2) is 0 Å². The molecule has 2 atom stereocenters. The molecule has 0 bridgehead atoms. The van der Waals surface area contributed by atoms with Gasteiger partial charge in [-0.2, -0.15) is 0 Å². The zero-order valence-electron chi connectivity index (χ0n) is 14.9. The first-order valence-corrected chi connectivity index (χ1v) is 7.68. The van der Waals surface area contributed by atoms with Crippen LogP contribution in [0.3, 0.4) is 0 Å². The number of ether oxygens (including phenoxy) is 2. The van der Waals surface area contributed by atoms with Gasteiger partial charge in [0, 0.05) is 13.1 Å².